The number of rotatable bonds is 5. The number of pyridine rings is 1. The smallest absolute Gasteiger partial charge is 0.214 e. The first-order valence-corrected chi connectivity index (χ1v) is 5.35. The van der Waals surface area contributed by atoms with Gasteiger partial charge in [-0.3, -0.25) is 0 Å². The number of hydrogen-bond donors (Lipinski definition) is 1. The zero-order valence-corrected chi connectivity index (χ0v) is 8.48. The molecule has 1 aromatic heterocycles. The van der Waals surface area contributed by atoms with Gasteiger partial charge in [0.05, 0.1) is 5.75 Å². The van der Waals surface area contributed by atoms with Gasteiger partial charge in [-0.25, -0.2) is 4.98 Å². The molecule has 14 heavy (non-hydrogen) atoms. The van der Waals surface area contributed by atoms with Gasteiger partial charge in [-0.15, -0.1) is 18.2 Å². The monoisotopic (exact) mass is 210 g/mol. The summed E-state index contributed by atoms with van der Waals surface area (Å²) in [5.74, 6) is 3.70. The highest BCUT2D eigenvalue weighted by molar-refractivity contribution is 7.99. The minimum Gasteiger partial charge on any atom is -0.384 e. The summed E-state index contributed by atoms with van der Waals surface area (Å²) in [6.45, 7) is 0.774. The van der Waals surface area contributed by atoms with Gasteiger partial charge in [0, 0.05) is 30.2 Å². The fourth-order valence-electron chi connectivity index (χ4n) is 0.911. The van der Waals surface area contributed by atoms with Gasteiger partial charge in [0.2, 0.25) is 5.95 Å². The molecule has 0 spiro atoms. The number of halogens is 1. The van der Waals surface area contributed by atoms with Crippen LogP contribution in [-0.2, 0) is 0 Å². The molecule has 0 aliphatic carbocycles. The first-order valence-electron chi connectivity index (χ1n) is 4.19. The quantitative estimate of drug-likeness (QED) is 0.457. The Balaban J connectivity index is 2.22. The average molecular weight is 210 g/mol. The second-order valence-electron chi connectivity index (χ2n) is 2.55. The Hall–Kier alpha value is -1.21. The van der Waals surface area contributed by atoms with E-state index in [-0.39, 0.29) is 0 Å². The van der Waals surface area contributed by atoms with Crippen LogP contribution < -0.4 is 5.32 Å². The van der Waals surface area contributed by atoms with E-state index in [2.05, 4.69) is 16.2 Å². The van der Waals surface area contributed by atoms with Crippen molar-refractivity contribution in [1.82, 2.24) is 4.98 Å². The van der Waals surface area contributed by atoms with Gasteiger partial charge in [-0.1, -0.05) is 5.92 Å². The molecule has 0 radical (unpaired) electrons. The van der Waals surface area contributed by atoms with Crippen LogP contribution in [0.1, 0.15) is 0 Å². The molecular formula is C10H11FN2S. The van der Waals surface area contributed by atoms with Crippen molar-refractivity contribution in [2.75, 3.05) is 23.4 Å². The van der Waals surface area contributed by atoms with E-state index in [1.807, 2.05) is 0 Å². The molecular weight excluding hydrogens is 199 g/mol. The van der Waals surface area contributed by atoms with Crippen LogP contribution in [0.3, 0.4) is 0 Å². The number of anilines is 1. The Kier molecular flexibility index (Phi) is 4.87. The van der Waals surface area contributed by atoms with Gasteiger partial charge in [0.1, 0.15) is 0 Å². The Bertz CT molecular complexity index is 322. The van der Waals surface area contributed by atoms with Crippen molar-refractivity contribution in [3.05, 3.63) is 24.3 Å². The maximum absolute atomic E-state index is 12.6. The van der Waals surface area contributed by atoms with Gasteiger partial charge < -0.3 is 5.32 Å². The summed E-state index contributed by atoms with van der Waals surface area (Å²) < 4.78 is 12.6. The molecule has 0 aliphatic rings. The third-order valence-corrected chi connectivity index (χ3v) is 2.35. The molecule has 0 saturated heterocycles. The van der Waals surface area contributed by atoms with E-state index in [9.17, 15) is 4.39 Å². The zero-order chi connectivity index (χ0) is 10.2. The number of thioether (sulfide) groups is 1. The molecule has 1 heterocycles. The highest BCUT2D eigenvalue weighted by Crippen LogP contribution is 2.06. The summed E-state index contributed by atoms with van der Waals surface area (Å²) in [6, 6.07) is 3.10. The lowest BCUT2D eigenvalue weighted by molar-refractivity contribution is 0.584. The molecule has 0 aliphatic heterocycles. The predicted molar refractivity (Wildman–Crippen MR) is 58.8 cm³/mol. The third-order valence-electron chi connectivity index (χ3n) is 1.49. The summed E-state index contributed by atoms with van der Waals surface area (Å²) in [5.41, 5.74) is 0.749. The Morgan fingerprint density at radius 2 is 2.50 bits per heavy atom. The lowest BCUT2D eigenvalue weighted by atomic mass is 10.4. The van der Waals surface area contributed by atoms with Crippen molar-refractivity contribution < 1.29 is 4.39 Å². The maximum Gasteiger partial charge on any atom is 0.214 e. The highest BCUT2D eigenvalue weighted by atomic mass is 32.2. The second kappa shape index (κ2) is 6.28. The first-order chi connectivity index (χ1) is 6.83. The van der Waals surface area contributed by atoms with Crippen molar-refractivity contribution in [3.8, 4) is 12.3 Å². The predicted octanol–water partition coefficient (Wildman–Crippen LogP) is 2.00. The van der Waals surface area contributed by atoms with Crippen molar-refractivity contribution in [2.24, 2.45) is 0 Å². The summed E-state index contributed by atoms with van der Waals surface area (Å²) in [7, 11) is 0. The molecule has 0 bridgehead atoms. The molecule has 1 N–H and O–H groups in total. The molecule has 0 amide bonds. The van der Waals surface area contributed by atoms with E-state index in [1.165, 1.54) is 12.3 Å². The number of nitrogens with zero attached hydrogens (tertiary/aromatic N) is 1. The van der Waals surface area contributed by atoms with Gasteiger partial charge in [0.15, 0.2) is 0 Å². The largest absolute Gasteiger partial charge is 0.384 e. The highest BCUT2D eigenvalue weighted by Gasteiger charge is 1.94. The summed E-state index contributed by atoms with van der Waals surface area (Å²) in [5, 5.41) is 3.07. The van der Waals surface area contributed by atoms with Crippen molar-refractivity contribution in [2.45, 2.75) is 0 Å². The molecule has 2 nitrogen and oxygen atoms in total. The minimum atomic E-state index is -0.466. The fourth-order valence-corrected chi connectivity index (χ4v) is 1.42. The van der Waals surface area contributed by atoms with E-state index < -0.39 is 5.95 Å². The molecule has 0 saturated carbocycles. The van der Waals surface area contributed by atoms with Crippen LogP contribution in [0.5, 0.6) is 0 Å². The van der Waals surface area contributed by atoms with Gasteiger partial charge in [-0.2, -0.15) is 4.39 Å². The molecule has 0 atom stereocenters. The summed E-state index contributed by atoms with van der Waals surface area (Å²) in [6.07, 6.45) is 6.53. The van der Waals surface area contributed by atoms with Crippen molar-refractivity contribution in [3.63, 3.8) is 0 Å². The van der Waals surface area contributed by atoms with Gasteiger partial charge in [0.25, 0.3) is 0 Å². The number of terminal acetylenes is 1. The Morgan fingerprint density at radius 1 is 1.64 bits per heavy atom. The first kappa shape index (κ1) is 10.9. The molecule has 0 unspecified atom stereocenters. The molecule has 1 aromatic rings. The third kappa shape index (κ3) is 4.15. The number of aromatic nitrogens is 1. The molecule has 1 rings (SSSR count). The average Bonchev–Trinajstić information content (AvgIpc) is 2.18. The summed E-state index contributed by atoms with van der Waals surface area (Å²) >= 11 is 1.67. The van der Waals surface area contributed by atoms with E-state index in [0.29, 0.717) is 5.75 Å². The molecule has 0 fully saturated rings. The van der Waals surface area contributed by atoms with Crippen LogP contribution in [0.4, 0.5) is 10.1 Å². The standard InChI is InChI=1S/C10H11FN2S/c1-2-6-14-7-5-12-9-3-4-13-10(11)8-9/h1,3-4,8H,5-7H2,(H,12,13). The van der Waals surface area contributed by atoms with Crippen LogP contribution in [0.15, 0.2) is 18.3 Å². The summed E-state index contributed by atoms with van der Waals surface area (Å²) in [4.78, 5) is 3.46. The van der Waals surface area contributed by atoms with E-state index in [4.69, 9.17) is 6.42 Å². The number of hydrogen-bond acceptors (Lipinski definition) is 3. The van der Waals surface area contributed by atoms with E-state index in [1.54, 1.807) is 17.8 Å². The maximum atomic E-state index is 12.6. The topological polar surface area (TPSA) is 24.9 Å². The molecule has 0 aromatic carbocycles. The van der Waals surface area contributed by atoms with Crippen molar-refractivity contribution >= 4 is 17.4 Å². The minimum absolute atomic E-state index is 0.466. The zero-order valence-electron chi connectivity index (χ0n) is 7.66. The molecule has 74 valence electrons. The Labute approximate surface area is 87.3 Å². The SMILES string of the molecule is C#CCSCCNc1ccnc(F)c1. The van der Waals surface area contributed by atoms with Crippen LogP contribution in [0, 0.1) is 18.3 Å². The van der Waals surface area contributed by atoms with Crippen LogP contribution >= 0.6 is 11.8 Å². The number of nitrogens with one attached hydrogen (secondary N) is 1. The lowest BCUT2D eigenvalue weighted by Gasteiger charge is -2.04. The fraction of sp³-hybridized carbons (Fsp3) is 0.300. The molecule has 4 heteroatoms. The van der Waals surface area contributed by atoms with Crippen LogP contribution in [0.2, 0.25) is 0 Å². The van der Waals surface area contributed by atoms with E-state index in [0.717, 1.165) is 18.0 Å². The van der Waals surface area contributed by atoms with Crippen molar-refractivity contribution in [1.29, 1.82) is 0 Å². The van der Waals surface area contributed by atoms with Gasteiger partial charge in [-0.05, 0) is 6.07 Å². The van der Waals surface area contributed by atoms with Gasteiger partial charge >= 0.3 is 0 Å². The van der Waals surface area contributed by atoms with Crippen LogP contribution in [-0.4, -0.2) is 23.0 Å². The lowest BCUT2D eigenvalue weighted by Crippen LogP contribution is -2.04. The normalized spacial score (nSPS) is 9.43. The second-order valence-corrected chi connectivity index (χ2v) is 3.66. The van der Waals surface area contributed by atoms with E-state index >= 15 is 0 Å². The Morgan fingerprint density at radius 3 is 3.21 bits per heavy atom. The van der Waals surface area contributed by atoms with Crippen LogP contribution in [0.25, 0.3) is 0 Å².